The Balaban J connectivity index is 1.71. The predicted octanol–water partition coefficient (Wildman–Crippen LogP) is 2.83. The molecule has 2 aromatic heterocycles. The van der Waals surface area contributed by atoms with E-state index in [1.807, 2.05) is 12.1 Å². The van der Waals surface area contributed by atoms with Gasteiger partial charge < -0.3 is 4.42 Å². The standard InChI is InChI=1S/C15H19N3O2/c1-9(12-8-10-4-5-11(12)7-10)18-14(16-17-15(18)19)13-3-2-6-20-13/h2-3,6,9-12H,4-5,7-8H2,1H3,(H,17,19). The third-order valence-electron chi connectivity index (χ3n) is 5.27. The summed E-state index contributed by atoms with van der Waals surface area (Å²) in [5, 5.41) is 6.72. The van der Waals surface area contributed by atoms with Crippen molar-refractivity contribution in [3.8, 4) is 11.6 Å². The van der Waals surface area contributed by atoms with E-state index in [4.69, 9.17) is 4.42 Å². The van der Waals surface area contributed by atoms with Gasteiger partial charge in [-0.3, -0.25) is 4.57 Å². The Bertz CT molecular complexity index is 655. The van der Waals surface area contributed by atoms with Crippen molar-refractivity contribution in [1.29, 1.82) is 0 Å². The topological polar surface area (TPSA) is 63.8 Å². The van der Waals surface area contributed by atoms with Crippen LogP contribution in [0.15, 0.2) is 27.6 Å². The SMILES string of the molecule is CC(C1CC2CCC1C2)n1c(-c2ccco2)n[nH]c1=O. The lowest BCUT2D eigenvalue weighted by Gasteiger charge is -2.28. The fourth-order valence-corrected chi connectivity index (χ4v) is 4.34. The summed E-state index contributed by atoms with van der Waals surface area (Å²) in [6.07, 6.45) is 6.90. The van der Waals surface area contributed by atoms with Crippen LogP contribution in [0.25, 0.3) is 11.6 Å². The highest BCUT2D eigenvalue weighted by atomic mass is 16.3. The number of H-pyrrole nitrogens is 1. The van der Waals surface area contributed by atoms with Gasteiger partial charge in [-0.1, -0.05) is 6.42 Å². The van der Waals surface area contributed by atoms with E-state index in [0.717, 1.165) is 11.8 Å². The average Bonchev–Trinajstić information content (AvgIpc) is 3.21. The molecule has 2 fully saturated rings. The fraction of sp³-hybridized carbons (Fsp3) is 0.600. The number of fused-ring (bicyclic) bond motifs is 2. The molecule has 5 heteroatoms. The molecule has 2 aliphatic carbocycles. The molecule has 0 radical (unpaired) electrons. The van der Waals surface area contributed by atoms with E-state index < -0.39 is 0 Å². The molecule has 4 unspecified atom stereocenters. The number of hydrogen-bond acceptors (Lipinski definition) is 3. The van der Waals surface area contributed by atoms with Crippen molar-refractivity contribution in [1.82, 2.24) is 14.8 Å². The summed E-state index contributed by atoms with van der Waals surface area (Å²) < 4.78 is 7.19. The van der Waals surface area contributed by atoms with Crippen molar-refractivity contribution >= 4 is 0 Å². The van der Waals surface area contributed by atoms with Gasteiger partial charge in [-0.15, -0.1) is 5.10 Å². The zero-order chi connectivity index (χ0) is 13.7. The van der Waals surface area contributed by atoms with Crippen LogP contribution in [0, 0.1) is 17.8 Å². The van der Waals surface area contributed by atoms with Gasteiger partial charge in [0.15, 0.2) is 5.76 Å². The summed E-state index contributed by atoms with van der Waals surface area (Å²) in [4.78, 5) is 12.1. The zero-order valence-corrected chi connectivity index (χ0v) is 11.6. The molecule has 2 saturated carbocycles. The molecular weight excluding hydrogens is 254 g/mol. The molecule has 4 atom stereocenters. The average molecular weight is 273 g/mol. The summed E-state index contributed by atoms with van der Waals surface area (Å²) in [6, 6.07) is 3.84. The van der Waals surface area contributed by atoms with Crippen molar-refractivity contribution < 1.29 is 4.42 Å². The van der Waals surface area contributed by atoms with Gasteiger partial charge in [0.25, 0.3) is 0 Å². The van der Waals surface area contributed by atoms with Gasteiger partial charge in [0, 0.05) is 6.04 Å². The molecule has 0 aromatic carbocycles. The summed E-state index contributed by atoms with van der Waals surface area (Å²) >= 11 is 0. The van der Waals surface area contributed by atoms with Crippen molar-refractivity contribution in [3.63, 3.8) is 0 Å². The number of nitrogens with one attached hydrogen (secondary N) is 1. The van der Waals surface area contributed by atoms with Crippen LogP contribution in [0.5, 0.6) is 0 Å². The second-order valence-corrected chi connectivity index (χ2v) is 6.28. The first-order valence-electron chi connectivity index (χ1n) is 7.45. The number of furan rings is 1. The maximum Gasteiger partial charge on any atom is 0.343 e. The van der Waals surface area contributed by atoms with Crippen LogP contribution in [-0.4, -0.2) is 14.8 Å². The molecule has 2 aliphatic rings. The van der Waals surface area contributed by atoms with Crippen molar-refractivity contribution in [3.05, 3.63) is 28.9 Å². The number of rotatable bonds is 3. The van der Waals surface area contributed by atoms with Crippen LogP contribution in [-0.2, 0) is 0 Å². The Labute approximate surface area is 117 Å². The molecule has 0 aliphatic heterocycles. The van der Waals surface area contributed by atoms with E-state index in [-0.39, 0.29) is 11.7 Å². The van der Waals surface area contributed by atoms with Crippen molar-refractivity contribution in [2.75, 3.05) is 0 Å². The largest absolute Gasteiger partial charge is 0.461 e. The highest BCUT2D eigenvalue weighted by Crippen LogP contribution is 2.52. The minimum absolute atomic E-state index is 0.133. The van der Waals surface area contributed by atoms with E-state index in [1.54, 1.807) is 10.8 Å². The molecule has 0 spiro atoms. The summed E-state index contributed by atoms with van der Waals surface area (Å²) in [7, 11) is 0. The van der Waals surface area contributed by atoms with Gasteiger partial charge in [-0.25, -0.2) is 9.89 Å². The van der Waals surface area contributed by atoms with E-state index in [0.29, 0.717) is 17.5 Å². The molecule has 106 valence electrons. The van der Waals surface area contributed by atoms with E-state index in [2.05, 4.69) is 17.1 Å². The minimum Gasteiger partial charge on any atom is -0.461 e. The van der Waals surface area contributed by atoms with Crippen molar-refractivity contribution in [2.45, 2.75) is 38.6 Å². The number of aromatic nitrogens is 3. The molecule has 5 nitrogen and oxygen atoms in total. The Kier molecular flexibility index (Phi) is 2.62. The van der Waals surface area contributed by atoms with Gasteiger partial charge in [-0.05, 0) is 56.1 Å². The number of hydrogen-bond donors (Lipinski definition) is 1. The Morgan fingerprint density at radius 3 is 3.00 bits per heavy atom. The maximum absolute atomic E-state index is 12.1. The third-order valence-corrected chi connectivity index (χ3v) is 5.27. The van der Waals surface area contributed by atoms with E-state index in [1.165, 1.54) is 25.7 Å². The van der Waals surface area contributed by atoms with Gasteiger partial charge in [0.2, 0.25) is 5.82 Å². The first-order valence-corrected chi connectivity index (χ1v) is 7.45. The van der Waals surface area contributed by atoms with Gasteiger partial charge >= 0.3 is 5.69 Å². The molecule has 2 heterocycles. The van der Waals surface area contributed by atoms with E-state index >= 15 is 0 Å². The quantitative estimate of drug-likeness (QED) is 0.935. The van der Waals surface area contributed by atoms with E-state index in [9.17, 15) is 4.79 Å². The predicted molar refractivity (Wildman–Crippen MR) is 74.2 cm³/mol. The Morgan fingerprint density at radius 2 is 2.35 bits per heavy atom. The van der Waals surface area contributed by atoms with Gasteiger partial charge in [0.1, 0.15) is 0 Å². The van der Waals surface area contributed by atoms with Gasteiger partial charge in [0.05, 0.1) is 6.26 Å². The van der Waals surface area contributed by atoms with Crippen LogP contribution in [0.4, 0.5) is 0 Å². The lowest BCUT2D eigenvalue weighted by Crippen LogP contribution is -2.29. The third kappa shape index (κ3) is 1.69. The van der Waals surface area contributed by atoms with Gasteiger partial charge in [-0.2, -0.15) is 0 Å². The summed E-state index contributed by atoms with van der Waals surface area (Å²) in [6.45, 7) is 2.15. The second-order valence-electron chi connectivity index (χ2n) is 6.28. The summed E-state index contributed by atoms with van der Waals surface area (Å²) in [5.74, 6) is 3.52. The molecule has 2 aromatic rings. The van der Waals surface area contributed by atoms with Crippen molar-refractivity contribution in [2.24, 2.45) is 17.8 Å². The fourth-order valence-electron chi connectivity index (χ4n) is 4.34. The highest BCUT2D eigenvalue weighted by molar-refractivity contribution is 5.46. The smallest absolute Gasteiger partial charge is 0.343 e. The summed E-state index contributed by atoms with van der Waals surface area (Å²) in [5.41, 5.74) is -0.133. The molecular formula is C15H19N3O2. The monoisotopic (exact) mass is 273 g/mol. The minimum atomic E-state index is -0.133. The van der Waals surface area contributed by atoms with Crippen LogP contribution in [0.3, 0.4) is 0 Å². The molecule has 0 saturated heterocycles. The molecule has 0 amide bonds. The molecule has 1 N–H and O–H groups in total. The first-order chi connectivity index (χ1) is 9.74. The van der Waals surface area contributed by atoms with Crippen LogP contribution in [0.2, 0.25) is 0 Å². The zero-order valence-electron chi connectivity index (χ0n) is 11.6. The lowest BCUT2D eigenvalue weighted by atomic mass is 9.84. The number of nitrogens with zero attached hydrogens (tertiary/aromatic N) is 2. The first kappa shape index (κ1) is 12.0. The Hall–Kier alpha value is -1.78. The maximum atomic E-state index is 12.1. The normalized spacial score (nSPS) is 29.9. The molecule has 2 bridgehead atoms. The molecule has 20 heavy (non-hydrogen) atoms. The lowest BCUT2D eigenvalue weighted by molar-refractivity contribution is 0.240. The van der Waals surface area contributed by atoms with Crippen LogP contribution in [0.1, 0.15) is 38.6 Å². The van der Waals surface area contributed by atoms with Crippen LogP contribution >= 0.6 is 0 Å². The molecule has 4 rings (SSSR count). The Morgan fingerprint density at radius 1 is 1.45 bits per heavy atom. The highest BCUT2D eigenvalue weighted by Gasteiger charge is 2.43. The second kappa shape index (κ2) is 4.36. The van der Waals surface area contributed by atoms with Crippen LogP contribution < -0.4 is 5.69 Å². The number of aromatic amines is 1.